The summed E-state index contributed by atoms with van der Waals surface area (Å²) in [5.41, 5.74) is 39.2. The van der Waals surface area contributed by atoms with E-state index in [1.807, 2.05) is 22.7 Å². The average molecular weight is 1860 g/mol. The first-order chi connectivity index (χ1) is 71.5. The second kappa shape index (κ2) is 31.7. The molecule has 0 saturated heterocycles. The lowest BCUT2D eigenvalue weighted by atomic mass is 9.82. The van der Waals surface area contributed by atoms with Crippen LogP contribution in [0.25, 0.3) is 321 Å². The van der Waals surface area contributed by atoms with Gasteiger partial charge in [-0.25, -0.2) is 0 Å². The molecule has 4 heteroatoms. The van der Waals surface area contributed by atoms with E-state index in [-0.39, 0.29) is 0 Å². The van der Waals surface area contributed by atoms with Crippen LogP contribution in [0.3, 0.4) is 0 Å². The molecule has 0 fully saturated rings. The number of rotatable bonds is 8. The van der Waals surface area contributed by atoms with E-state index in [1.54, 1.807) is 0 Å². The van der Waals surface area contributed by atoms with Crippen LogP contribution in [-0.2, 0) is 0 Å². The Morgan fingerprint density at radius 3 is 0.910 bits per heavy atom. The molecule has 26 aromatic carbocycles. The first-order valence-electron chi connectivity index (χ1n) is 49.7. The Bertz CT molecular complexity index is 10700. The van der Waals surface area contributed by atoms with Crippen LogP contribution >= 0.6 is 22.7 Å². The van der Waals surface area contributed by atoms with Gasteiger partial charge in [0.15, 0.2) is 0 Å². The molecule has 144 heavy (non-hydrogen) atoms. The third-order valence-electron chi connectivity index (χ3n) is 31.2. The minimum absolute atomic E-state index is 0.935. The molecule has 30 aromatic rings. The van der Waals surface area contributed by atoms with Crippen molar-refractivity contribution in [3.05, 3.63) is 491 Å². The predicted molar refractivity (Wildman–Crippen MR) is 618 cm³/mol. The zero-order valence-electron chi connectivity index (χ0n) is 77.9. The molecule has 0 unspecified atom stereocenters. The van der Waals surface area contributed by atoms with Crippen LogP contribution in [0.2, 0.25) is 0 Å². The van der Waals surface area contributed by atoms with Crippen LogP contribution in [-0.4, -0.2) is 4.57 Å². The maximum Gasteiger partial charge on any atom is 0.136 e. The van der Waals surface area contributed by atoms with E-state index in [0.29, 0.717) is 0 Å². The highest BCUT2D eigenvalue weighted by atomic mass is 32.1. The van der Waals surface area contributed by atoms with Crippen LogP contribution in [0, 0.1) is 0 Å². The minimum atomic E-state index is 0.935. The molecule has 0 atom stereocenters. The maximum absolute atomic E-state index is 6.70. The SMILES string of the molecule is c1ccc(-c2c3c(c(-c4ccccc4)c4ccccc24)-c2cc4oc5ccc6ccccc6c5c4c4cccc-3c24)cc1.c1ccc(-c2c3c(c(-c4ccccc4)c4ccccc24)-c2cc4sc5cc6ccccc6cc5c4c4cccc-3c24)cc1.c1ccc(-c2c3c(c(-c4ccccc4)c4ccccc24)-c2cc4sc5ccc(-c6ccc7c(c6)c6ccccc6n7-c6ccccc6)cc5c4c4cccc-3c24)cc1. The molecule has 3 aliphatic carbocycles. The first-order valence-corrected chi connectivity index (χ1v) is 51.4. The van der Waals surface area contributed by atoms with Gasteiger partial charge in [0, 0.05) is 67.6 Å². The molecule has 664 valence electrons. The van der Waals surface area contributed by atoms with Crippen LogP contribution < -0.4 is 0 Å². The molecule has 0 aliphatic heterocycles. The summed E-state index contributed by atoms with van der Waals surface area (Å²) in [5, 5.41) is 31.1. The molecule has 0 spiro atoms. The predicted octanol–water partition coefficient (Wildman–Crippen LogP) is 40.6. The van der Waals surface area contributed by atoms with Crippen molar-refractivity contribution in [2.45, 2.75) is 0 Å². The average Bonchev–Trinajstić information content (AvgIpc) is 1.53. The first kappa shape index (κ1) is 80.8. The van der Waals surface area contributed by atoms with Gasteiger partial charge in [0.25, 0.3) is 0 Å². The second-order valence-electron chi connectivity index (χ2n) is 38.7. The van der Waals surface area contributed by atoms with Crippen LogP contribution in [0.4, 0.5) is 0 Å². The van der Waals surface area contributed by atoms with Gasteiger partial charge in [-0.15, -0.1) is 22.7 Å². The molecule has 0 radical (unpaired) electrons. The molecule has 0 saturated carbocycles. The van der Waals surface area contributed by atoms with Gasteiger partial charge >= 0.3 is 0 Å². The number of aromatic nitrogens is 1. The lowest BCUT2D eigenvalue weighted by Gasteiger charge is -2.20. The zero-order chi connectivity index (χ0) is 94.0. The summed E-state index contributed by atoms with van der Waals surface area (Å²) in [5.74, 6) is 0. The van der Waals surface area contributed by atoms with Crippen LogP contribution in [0.1, 0.15) is 0 Å². The smallest absolute Gasteiger partial charge is 0.136 e. The summed E-state index contributed by atoms with van der Waals surface area (Å²) in [6.45, 7) is 0. The van der Waals surface area contributed by atoms with Gasteiger partial charge in [-0.1, -0.05) is 413 Å². The van der Waals surface area contributed by atoms with Crippen LogP contribution in [0.15, 0.2) is 496 Å². The quantitative estimate of drug-likeness (QED) is 0.148. The molecule has 0 bridgehead atoms. The molecule has 4 heterocycles. The number of furan rings is 1. The van der Waals surface area contributed by atoms with E-state index in [0.717, 1.165) is 11.2 Å². The Morgan fingerprint density at radius 2 is 0.465 bits per heavy atom. The van der Waals surface area contributed by atoms with E-state index >= 15 is 0 Å². The molecule has 0 N–H and O–H groups in total. The largest absolute Gasteiger partial charge is 0.456 e. The van der Waals surface area contributed by atoms with Crippen LogP contribution in [0.5, 0.6) is 0 Å². The van der Waals surface area contributed by atoms with Crippen molar-refractivity contribution in [3.8, 4) is 150 Å². The highest BCUT2D eigenvalue weighted by molar-refractivity contribution is 7.26. The van der Waals surface area contributed by atoms with E-state index in [1.165, 1.54) is 309 Å². The van der Waals surface area contributed by atoms with E-state index < -0.39 is 0 Å². The minimum Gasteiger partial charge on any atom is -0.456 e. The summed E-state index contributed by atoms with van der Waals surface area (Å²) < 4.78 is 14.4. The van der Waals surface area contributed by atoms with Gasteiger partial charge in [-0.2, -0.15) is 0 Å². The van der Waals surface area contributed by atoms with E-state index in [9.17, 15) is 0 Å². The molecule has 2 nitrogen and oxygen atoms in total. The van der Waals surface area contributed by atoms with Gasteiger partial charge in [-0.3, -0.25) is 0 Å². The molecule has 33 rings (SSSR count). The standard InChI is InChI=1S/C56H33NS.C42H24O.C42H24S/c1-4-15-34(16-5-1)51-40-22-10-11-23-41(40)52(35-17-6-2-7-18-35)56-46-33-50-54(42-24-14-25-43(53(42)46)55(51)56)45-32-37(28-30-49(45)58-50)36-27-29-48-44(31-36)39-21-12-13-26-47(39)57(48)38-19-8-3-9-20-38;1-3-13-26(14-4-1)36-29-18-9-10-19-30(29)37(27-15-5-2-6-16-27)42-33-24-35-40(31-20-11-21-32(38(31)33)41(36)42)39-28-17-8-7-12-25(28)22-23-34(39)43-35;1-3-12-25(13-4-1)37-29-18-9-10-19-30(29)38(26-14-5-2-6-15-26)42-34-24-36-40(31-20-11-21-32(39(31)34)41(37)42)33-22-27-16-7-8-17-28(27)23-35(33)43-36/h1-33H;2*1-24H. The summed E-state index contributed by atoms with van der Waals surface area (Å²) in [6.07, 6.45) is 0. The highest BCUT2D eigenvalue weighted by Crippen LogP contribution is 2.65. The van der Waals surface area contributed by atoms with Crippen molar-refractivity contribution in [2.75, 3.05) is 0 Å². The fraction of sp³-hybridized carbons (Fsp3) is 0. The Morgan fingerprint density at radius 1 is 0.146 bits per heavy atom. The summed E-state index contributed by atoms with van der Waals surface area (Å²) in [6, 6.07) is 181. The van der Waals surface area contributed by atoms with E-state index in [4.69, 9.17) is 4.42 Å². The van der Waals surface area contributed by atoms with Crippen molar-refractivity contribution >= 4 is 193 Å². The number of para-hydroxylation sites is 2. The summed E-state index contributed by atoms with van der Waals surface area (Å²) in [4.78, 5) is 0. The lowest BCUT2D eigenvalue weighted by Crippen LogP contribution is -1.93. The topological polar surface area (TPSA) is 18.1 Å². The molecular formula is C140H81NOS2. The Labute approximate surface area is 837 Å². The number of hydrogen-bond donors (Lipinski definition) is 0. The van der Waals surface area contributed by atoms with Gasteiger partial charge in [0.2, 0.25) is 0 Å². The maximum atomic E-state index is 6.70. The Hall–Kier alpha value is -18.2. The highest BCUT2D eigenvalue weighted by Gasteiger charge is 2.37. The molecule has 0 amide bonds. The fourth-order valence-electron chi connectivity index (χ4n) is 25.5. The third kappa shape index (κ3) is 11.9. The van der Waals surface area contributed by atoms with Crippen molar-refractivity contribution in [1.29, 1.82) is 0 Å². The number of benzene rings is 26. The number of fused-ring (bicyclic) bond motifs is 30. The number of thiophene rings is 2. The number of nitrogens with zero attached hydrogens (tertiary/aromatic N) is 1. The van der Waals surface area contributed by atoms with Gasteiger partial charge < -0.3 is 8.98 Å². The normalized spacial score (nSPS) is 12.2. The summed E-state index contributed by atoms with van der Waals surface area (Å²) in [7, 11) is 0. The molecular weight excluding hydrogens is 1780 g/mol. The van der Waals surface area contributed by atoms with Crippen molar-refractivity contribution < 1.29 is 4.42 Å². The van der Waals surface area contributed by atoms with E-state index in [2.05, 4.69) is 496 Å². The van der Waals surface area contributed by atoms with Crippen molar-refractivity contribution in [3.63, 3.8) is 0 Å². The molecule has 4 aromatic heterocycles. The van der Waals surface area contributed by atoms with Gasteiger partial charge in [0.05, 0.1) is 11.0 Å². The lowest BCUT2D eigenvalue weighted by molar-refractivity contribution is 0.669. The fourth-order valence-corrected chi connectivity index (χ4v) is 27.8. The Balaban J connectivity index is 0.000000100. The van der Waals surface area contributed by atoms with Gasteiger partial charge in [0.1, 0.15) is 11.2 Å². The summed E-state index contributed by atoms with van der Waals surface area (Å²) >= 11 is 3.84. The molecule has 3 aliphatic rings. The second-order valence-corrected chi connectivity index (χ2v) is 40.9. The van der Waals surface area contributed by atoms with Crippen molar-refractivity contribution in [2.24, 2.45) is 0 Å². The van der Waals surface area contributed by atoms with Crippen molar-refractivity contribution in [1.82, 2.24) is 4.57 Å². The zero-order valence-corrected chi connectivity index (χ0v) is 79.6. The Kier molecular flexibility index (Phi) is 17.8. The number of hydrogen-bond acceptors (Lipinski definition) is 3. The monoisotopic (exact) mass is 1860 g/mol. The van der Waals surface area contributed by atoms with Gasteiger partial charge in [-0.05, 0) is 310 Å². The third-order valence-corrected chi connectivity index (χ3v) is 33.4.